The minimum Gasteiger partial charge on any atom is -0.493 e. The average Bonchev–Trinajstić information content (AvgIpc) is 2.49. The van der Waals surface area contributed by atoms with Crippen molar-refractivity contribution in [1.29, 1.82) is 0 Å². The lowest BCUT2D eigenvalue weighted by Gasteiger charge is -2.27. The van der Waals surface area contributed by atoms with Gasteiger partial charge in [-0.2, -0.15) is 0 Å². The molecule has 21 heavy (non-hydrogen) atoms. The highest BCUT2D eigenvalue weighted by molar-refractivity contribution is 5.50. The fourth-order valence-corrected chi connectivity index (χ4v) is 2.60. The van der Waals surface area contributed by atoms with E-state index in [9.17, 15) is 0 Å². The van der Waals surface area contributed by atoms with Crippen LogP contribution in [0.2, 0.25) is 0 Å². The summed E-state index contributed by atoms with van der Waals surface area (Å²) in [6.07, 6.45) is 1.17. The molecule has 2 aromatic carbocycles. The Kier molecular flexibility index (Phi) is 4.00. The second-order valence-corrected chi connectivity index (χ2v) is 5.56. The number of ether oxygens (including phenoxy) is 2. The number of benzene rings is 2. The number of hydrogen-bond donors (Lipinski definition) is 1. The minimum atomic E-state index is 0.200. The Morgan fingerprint density at radius 3 is 2.62 bits per heavy atom. The molecule has 0 amide bonds. The van der Waals surface area contributed by atoms with Gasteiger partial charge in [-0.25, -0.2) is 0 Å². The number of para-hydroxylation sites is 1. The van der Waals surface area contributed by atoms with Crippen molar-refractivity contribution in [2.24, 2.45) is 0 Å². The predicted octanol–water partition coefficient (Wildman–Crippen LogP) is 4.41. The Morgan fingerprint density at radius 1 is 1.10 bits per heavy atom. The molecule has 0 aliphatic carbocycles. The van der Waals surface area contributed by atoms with Crippen LogP contribution in [-0.2, 0) is 0 Å². The second kappa shape index (κ2) is 6.08. The van der Waals surface area contributed by atoms with Crippen LogP contribution in [0.3, 0.4) is 0 Å². The third kappa shape index (κ3) is 3.30. The maximum absolute atomic E-state index is 5.69. The van der Waals surface area contributed by atoms with E-state index in [0.29, 0.717) is 6.04 Å². The van der Waals surface area contributed by atoms with Crippen LogP contribution in [-0.4, -0.2) is 12.7 Å². The smallest absolute Gasteiger partial charge is 0.124 e. The normalized spacial score (nSPS) is 17.0. The van der Waals surface area contributed by atoms with Gasteiger partial charge in [0.25, 0.3) is 0 Å². The summed E-state index contributed by atoms with van der Waals surface area (Å²) in [4.78, 5) is 0. The molecule has 1 unspecified atom stereocenters. The Bertz CT molecular complexity index is 592. The van der Waals surface area contributed by atoms with Gasteiger partial charge in [0.1, 0.15) is 11.5 Å². The number of anilines is 1. The van der Waals surface area contributed by atoms with Crippen molar-refractivity contribution >= 4 is 5.69 Å². The monoisotopic (exact) mass is 283 g/mol. The molecule has 1 atom stereocenters. The van der Waals surface area contributed by atoms with Gasteiger partial charge >= 0.3 is 0 Å². The Balaban J connectivity index is 1.73. The standard InChI is InChI=1S/C18H21NO2/c1-13(2)21-15-9-7-14(8-10-15)19-17-11-12-20-18-6-4-3-5-16(17)18/h3-10,13,17,19H,11-12H2,1-2H3. The summed E-state index contributed by atoms with van der Waals surface area (Å²) in [5.41, 5.74) is 2.33. The van der Waals surface area contributed by atoms with Crippen LogP contribution in [0.5, 0.6) is 11.5 Å². The summed E-state index contributed by atoms with van der Waals surface area (Å²) < 4.78 is 11.4. The molecule has 0 bridgehead atoms. The molecule has 1 aliphatic heterocycles. The third-order valence-electron chi connectivity index (χ3n) is 3.53. The van der Waals surface area contributed by atoms with Gasteiger partial charge in [-0.15, -0.1) is 0 Å². The molecule has 2 aromatic rings. The zero-order chi connectivity index (χ0) is 14.7. The highest BCUT2D eigenvalue weighted by Gasteiger charge is 2.20. The van der Waals surface area contributed by atoms with Crippen molar-refractivity contribution < 1.29 is 9.47 Å². The second-order valence-electron chi connectivity index (χ2n) is 5.56. The van der Waals surface area contributed by atoms with E-state index < -0.39 is 0 Å². The summed E-state index contributed by atoms with van der Waals surface area (Å²) in [5, 5.41) is 3.58. The van der Waals surface area contributed by atoms with E-state index in [4.69, 9.17) is 9.47 Å². The van der Waals surface area contributed by atoms with Gasteiger partial charge in [0.15, 0.2) is 0 Å². The molecule has 1 N–H and O–H groups in total. The molecule has 3 nitrogen and oxygen atoms in total. The van der Waals surface area contributed by atoms with Crippen LogP contribution in [0.15, 0.2) is 48.5 Å². The number of rotatable bonds is 4. The Morgan fingerprint density at radius 2 is 1.86 bits per heavy atom. The van der Waals surface area contributed by atoms with Gasteiger partial charge in [-0.1, -0.05) is 18.2 Å². The molecule has 0 spiro atoms. The van der Waals surface area contributed by atoms with Gasteiger partial charge in [-0.05, 0) is 44.2 Å². The first-order valence-electron chi connectivity index (χ1n) is 7.47. The van der Waals surface area contributed by atoms with Crippen LogP contribution < -0.4 is 14.8 Å². The first-order valence-corrected chi connectivity index (χ1v) is 7.47. The molecular formula is C18H21NO2. The van der Waals surface area contributed by atoms with Gasteiger partial charge in [-0.3, -0.25) is 0 Å². The predicted molar refractivity (Wildman–Crippen MR) is 85.1 cm³/mol. The maximum Gasteiger partial charge on any atom is 0.124 e. The van der Waals surface area contributed by atoms with Crippen LogP contribution >= 0.6 is 0 Å². The first-order chi connectivity index (χ1) is 10.2. The quantitative estimate of drug-likeness (QED) is 0.901. The summed E-state index contributed by atoms with van der Waals surface area (Å²) in [6.45, 7) is 4.82. The average molecular weight is 283 g/mol. The third-order valence-corrected chi connectivity index (χ3v) is 3.53. The lowest BCUT2D eigenvalue weighted by Crippen LogP contribution is -2.20. The van der Waals surface area contributed by atoms with E-state index in [1.165, 1.54) is 5.56 Å². The van der Waals surface area contributed by atoms with Crippen LogP contribution in [0, 0.1) is 0 Å². The molecule has 0 aromatic heterocycles. The highest BCUT2D eigenvalue weighted by Crippen LogP contribution is 2.34. The summed E-state index contributed by atoms with van der Waals surface area (Å²) in [6, 6.07) is 16.7. The summed E-state index contributed by atoms with van der Waals surface area (Å²) in [5.74, 6) is 1.89. The van der Waals surface area contributed by atoms with Crippen molar-refractivity contribution in [3.8, 4) is 11.5 Å². The number of nitrogens with one attached hydrogen (secondary N) is 1. The molecule has 110 valence electrons. The van der Waals surface area contributed by atoms with Crippen molar-refractivity contribution in [2.45, 2.75) is 32.4 Å². The van der Waals surface area contributed by atoms with Crippen LogP contribution in [0.25, 0.3) is 0 Å². The molecule has 3 rings (SSSR count). The van der Waals surface area contributed by atoms with Crippen molar-refractivity contribution in [3.05, 3.63) is 54.1 Å². The Labute approximate surface area is 125 Å². The molecule has 1 aliphatic rings. The summed E-state index contributed by atoms with van der Waals surface area (Å²) in [7, 11) is 0. The van der Waals surface area contributed by atoms with Crippen LogP contribution in [0.4, 0.5) is 5.69 Å². The zero-order valence-electron chi connectivity index (χ0n) is 12.5. The molecule has 1 heterocycles. The largest absolute Gasteiger partial charge is 0.493 e. The SMILES string of the molecule is CC(C)Oc1ccc(NC2CCOc3ccccc32)cc1. The molecule has 0 radical (unpaired) electrons. The fourth-order valence-electron chi connectivity index (χ4n) is 2.60. The fraction of sp³-hybridized carbons (Fsp3) is 0.333. The van der Waals surface area contributed by atoms with E-state index in [1.54, 1.807) is 0 Å². The molecule has 0 saturated heterocycles. The Hall–Kier alpha value is -2.16. The van der Waals surface area contributed by atoms with E-state index in [2.05, 4.69) is 29.6 Å². The molecule has 0 fully saturated rings. The van der Waals surface area contributed by atoms with E-state index in [1.807, 2.05) is 38.1 Å². The molecule has 3 heteroatoms. The van der Waals surface area contributed by atoms with Crippen molar-refractivity contribution in [2.75, 3.05) is 11.9 Å². The van der Waals surface area contributed by atoms with Gasteiger partial charge in [0.2, 0.25) is 0 Å². The number of hydrogen-bond acceptors (Lipinski definition) is 3. The first kappa shape index (κ1) is 13.8. The highest BCUT2D eigenvalue weighted by atomic mass is 16.5. The van der Waals surface area contributed by atoms with Crippen LogP contribution in [0.1, 0.15) is 31.9 Å². The molecule has 0 saturated carbocycles. The summed E-state index contributed by atoms with van der Waals surface area (Å²) >= 11 is 0. The topological polar surface area (TPSA) is 30.5 Å². The lowest BCUT2D eigenvalue weighted by molar-refractivity contribution is 0.242. The molecular weight excluding hydrogens is 262 g/mol. The van der Waals surface area contributed by atoms with Crippen molar-refractivity contribution in [3.63, 3.8) is 0 Å². The van der Waals surface area contributed by atoms with Gasteiger partial charge < -0.3 is 14.8 Å². The zero-order valence-corrected chi connectivity index (χ0v) is 12.5. The minimum absolute atomic E-state index is 0.200. The van der Waals surface area contributed by atoms with Gasteiger partial charge in [0.05, 0.1) is 18.8 Å². The van der Waals surface area contributed by atoms with Crippen molar-refractivity contribution in [1.82, 2.24) is 0 Å². The maximum atomic E-state index is 5.69. The number of fused-ring (bicyclic) bond motifs is 1. The van der Waals surface area contributed by atoms with E-state index in [-0.39, 0.29) is 6.10 Å². The van der Waals surface area contributed by atoms with E-state index in [0.717, 1.165) is 30.2 Å². The van der Waals surface area contributed by atoms with E-state index >= 15 is 0 Å². The lowest BCUT2D eigenvalue weighted by atomic mass is 10.0. The van der Waals surface area contributed by atoms with Gasteiger partial charge in [0, 0.05) is 17.7 Å².